The zero-order chi connectivity index (χ0) is 17.4. The molecule has 2 aromatic carbocycles. The maximum Gasteiger partial charge on any atom is 0.226 e. The number of hydrogen-bond acceptors (Lipinski definition) is 1. The van der Waals surface area contributed by atoms with Gasteiger partial charge < -0.3 is 4.90 Å². The van der Waals surface area contributed by atoms with Crippen molar-refractivity contribution in [2.24, 2.45) is 5.92 Å². The molecule has 0 bridgehead atoms. The molecule has 0 radical (unpaired) electrons. The van der Waals surface area contributed by atoms with Crippen LogP contribution < -0.4 is 0 Å². The summed E-state index contributed by atoms with van der Waals surface area (Å²) in [6.45, 7) is 5.39. The lowest BCUT2D eigenvalue weighted by Gasteiger charge is -2.31. The Morgan fingerprint density at radius 1 is 1.04 bits per heavy atom. The molecule has 2 atom stereocenters. The molecule has 1 saturated carbocycles. The predicted octanol–water partition coefficient (Wildman–Crippen LogP) is 5.43. The van der Waals surface area contributed by atoms with E-state index in [0.717, 1.165) is 13.0 Å². The van der Waals surface area contributed by atoms with Gasteiger partial charge in [-0.3, -0.25) is 4.79 Å². The second-order valence-electron chi connectivity index (χ2n) is 8.07. The van der Waals surface area contributed by atoms with Crippen molar-refractivity contribution in [2.75, 3.05) is 6.54 Å². The standard InChI is InChI=1S/C23H29NO/c1-16-14-19(15-18-8-6-7-11-21(16)18)17(2)22-12-13-24(23(22)25)20-9-4-3-5-10-20/h6-8,11,14-15,17,20,22H,3-5,9-10,12-13H2,1-2H3. The van der Waals surface area contributed by atoms with E-state index in [1.807, 2.05) is 0 Å². The van der Waals surface area contributed by atoms with Crippen LogP contribution in [0.25, 0.3) is 10.8 Å². The van der Waals surface area contributed by atoms with Crippen molar-refractivity contribution in [3.8, 4) is 0 Å². The first-order valence-corrected chi connectivity index (χ1v) is 9.95. The Hall–Kier alpha value is -1.83. The lowest BCUT2D eigenvalue weighted by atomic mass is 9.84. The van der Waals surface area contributed by atoms with E-state index in [1.54, 1.807) is 0 Å². The molecule has 2 fully saturated rings. The Balaban J connectivity index is 1.57. The fourth-order valence-corrected chi connectivity index (χ4v) is 4.97. The Bertz CT molecular complexity index is 775. The SMILES string of the molecule is Cc1cc(C(C)C2CCN(C3CCCCC3)C2=O)cc2ccccc12. The number of fused-ring (bicyclic) bond motifs is 1. The average molecular weight is 335 g/mol. The number of carbonyl (C=O) groups is 1. The zero-order valence-corrected chi connectivity index (χ0v) is 15.5. The summed E-state index contributed by atoms with van der Waals surface area (Å²) in [5.41, 5.74) is 2.63. The van der Waals surface area contributed by atoms with E-state index in [-0.39, 0.29) is 5.92 Å². The van der Waals surface area contributed by atoms with Crippen LogP contribution in [0.1, 0.15) is 62.5 Å². The van der Waals surface area contributed by atoms with Gasteiger partial charge in [0.05, 0.1) is 0 Å². The number of likely N-dealkylation sites (tertiary alicyclic amines) is 1. The number of amides is 1. The van der Waals surface area contributed by atoms with Gasteiger partial charge in [-0.15, -0.1) is 0 Å². The summed E-state index contributed by atoms with van der Waals surface area (Å²) in [6.07, 6.45) is 7.36. The molecule has 2 aliphatic rings. The molecular weight excluding hydrogens is 306 g/mol. The summed E-state index contributed by atoms with van der Waals surface area (Å²) < 4.78 is 0. The van der Waals surface area contributed by atoms with Gasteiger partial charge in [0.15, 0.2) is 0 Å². The fourth-order valence-electron chi connectivity index (χ4n) is 4.97. The van der Waals surface area contributed by atoms with Gasteiger partial charge in [-0.2, -0.15) is 0 Å². The third-order valence-electron chi connectivity index (χ3n) is 6.52. The molecule has 4 rings (SSSR count). The third-order valence-corrected chi connectivity index (χ3v) is 6.52. The number of benzene rings is 2. The highest BCUT2D eigenvalue weighted by atomic mass is 16.2. The second kappa shape index (κ2) is 6.82. The smallest absolute Gasteiger partial charge is 0.226 e. The van der Waals surface area contributed by atoms with E-state index in [1.165, 1.54) is 54.0 Å². The van der Waals surface area contributed by atoms with Gasteiger partial charge in [0, 0.05) is 18.5 Å². The molecule has 1 aliphatic heterocycles. The normalized spacial score (nSPS) is 23.4. The molecular formula is C23H29NO. The van der Waals surface area contributed by atoms with Crippen LogP contribution in [-0.2, 0) is 4.79 Å². The number of aryl methyl sites for hydroxylation is 1. The number of carbonyl (C=O) groups excluding carboxylic acids is 1. The van der Waals surface area contributed by atoms with Gasteiger partial charge in [0.25, 0.3) is 0 Å². The molecule has 132 valence electrons. The zero-order valence-electron chi connectivity index (χ0n) is 15.5. The Kier molecular flexibility index (Phi) is 4.54. The first-order chi connectivity index (χ1) is 12.1. The van der Waals surface area contributed by atoms with E-state index < -0.39 is 0 Å². The number of rotatable bonds is 3. The van der Waals surface area contributed by atoms with Gasteiger partial charge in [-0.05, 0) is 54.0 Å². The highest BCUT2D eigenvalue weighted by molar-refractivity contribution is 5.87. The first kappa shape index (κ1) is 16.6. The van der Waals surface area contributed by atoms with Crippen LogP contribution in [-0.4, -0.2) is 23.4 Å². The minimum absolute atomic E-state index is 0.155. The molecule has 1 amide bonds. The summed E-state index contributed by atoms with van der Waals surface area (Å²) in [6, 6.07) is 13.7. The second-order valence-corrected chi connectivity index (χ2v) is 8.07. The minimum atomic E-state index is 0.155. The molecule has 1 heterocycles. The van der Waals surface area contributed by atoms with Crippen LogP contribution >= 0.6 is 0 Å². The molecule has 1 aliphatic carbocycles. The van der Waals surface area contributed by atoms with Crippen LogP contribution in [0.5, 0.6) is 0 Å². The molecule has 0 spiro atoms. The molecule has 2 nitrogen and oxygen atoms in total. The average Bonchev–Trinajstić information content (AvgIpc) is 3.03. The highest BCUT2D eigenvalue weighted by Crippen LogP contribution is 2.37. The van der Waals surface area contributed by atoms with E-state index >= 15 is 0 Å². The van der Waals surface area contributed by atoms with Crippen molar-refractivity contribution in [3.63, 3.8) is 0 Å². The molecule has 1 saturated heterocycles. The maximum atomic E-state index is 13.1. The van der Waals surface area contributed by atoms with Gasteiger partial charge in [-0.25, -0.2) is 0 Å². The summed E-state index contributed by atoms with van der Waals surface area (Å²) >= 11 is 0. The Morgan fingerprint density at radius 3 is 2.60 bits per heavy atom. The minimum Gasteiger partial charge on any atom is -0.339 e. The van der Waals surface area contributed by atoms with Crippen LogP contribution in [0.4, 0.5) is 0 Å². The van der Waals surface area contributed by atoms with Crippen LogP contribution in [0.3, 0.4) is 0 Å². The van der Waals surface area contributed by atoms with Crippen molar-refractivity contribution < 1.29 is 4.79 Å². The summed E-state index contributed by atoms with van der Waals surface area (Å²) in [4.78, 5) is 15.3. The van der Waals surface area contributed by atoms with E-state index in [2.05, 4.69) is 55.1 Å². The van der Waals surface area contributed by atoms with Crippen molar-refractivity contribution in [1.29, 1.82) is 0 Å². The quantitative estimate of drug-likeness (QED) is 0.732. The maximum absolute atomic E-state index is 13.1. The summed E-state index contributed by atoms with van der Waals surface area (Å²) in [5, 5.41) is 2.61. The fraction of sp³-hybridized carbons (Fsp3) is 0.522. The van der Waals surface area contributed by atoms with E-state index in [0.29, 0.717) is 17.9 Å². The first-order valence-electron chi connectivity index (χ1n) is 9.95. The van der Waals surface area contributed by atoms with E-state index in [4.69, 9.17) is 0 Å². The lowest BCUT2D eigenvalue weighted by molar-refractivity contribution is -0.133. The van der Waals surface area contributed by atoms with Crippen LogP contribution in [0.15, 0.2) is 36.4 Å². The van der Waals surface area contributed by atoms with Crippen molar-refractivity contribution in [1.82, 2.24) is 4.90 Å². The number of hydrogen-bond donors (Lipinski definition) is 0. The molecule has 25 heavy (non-hydrogen) atoms. The van der Waals surface area contributed by atoms with Crippen molar-refractivity contribution >= 4 is 16.7 Å². The third kappa shape index (κ3) is 3.07. The molecule has 2 aromatic rings. The summed E-state index contributed by atoms with van der Waals surface area (Å²) in [5.74, 6) is 0.858. The van der Waals surface area contributed by atoms with Crippen LogP contribution in [0.2, 0.25) is 0 Å². The Morgan fingerprint density at radius 2 is 1.80 bits per heavy atom. The summed E-state index contributed by atoms with van der Waals surface area (Å²) in [7, 11) is 0. The number of nitrogens with zero attached hydrogens (tertiary/aromatic N) is 1. The molecule has 2 unspecified atom stereocenters. The molecule has 0 aromatic heterocycles. The Labute approximate surface area is 151 Å². The molecule has 2 heteroatoms. The molecule has 0 N–H and O–H groups in total. The van der Waals surface area contributed by atoms with Crippen molar-refractivity contribution in [2.45, 2.75) is 64.3 Å². The van der Waals surface area contributed by atoms with Gasteiger partial charge >= 0.3 is 0 Å². The van der Waals surface area contributed by atoms with E-state index in [9.17, 15) is 4.79 Å². The van der Waals surface area contributed by atoms with Crippen molar-refractivity contribution in [3.05, 3.63) is 47.5 Å². The highest BCUT2D eigenvalue weighted by Gasteiger charge is 2.39. The monoisotopic (exact) mass is 335 g/mol. The van der Waals surface area contributed by atoms with Gasteiger partial charge in [-0.1, -0.05) is 62.6 Å². The van der Waals surface area contributed by atoms with Gasteiger partial charge in [0.2, 0.25) is 5.91 Å². The van der Waals surface area contributed by atoms with Gasteiger partial charge in [0.1, 0.15) is 0 Å². The van der Waals surface area contributed by atoms with Crippen LogP contribution in [0, 0.1) is 12.8 Å². The topological polar surface area (TPSA) is 20.3 Å². The predicted molar refractivity (Wildman–Crippen MR) is 104 cm³/mol. The lowest BCUT2D eigenvalue weighted by Crippen LogP contribution is -2.39. The largest absolute Gasteiger partial charge is 0.339 e.